The number of aliphatic imine (C=N–C) groups is 1. The van der Waals surface area contributed by atoms with Crippen LogP contribution in [0.4, 0.5) is 0 Å². The molecule has 1 aromatic heterocycles. The predicted octanol–water partition coefficient (Wildman–Crippen LogP) is 3.22. The van der Waals surface area contributed by atoms with Crippen LogP contribution < -0.4 is 10.6 Å². The summed E-state index contributed by atoms with van der Waals surface area (Å²) >= 11 is 0. The minimum atomic E-state index is 0.508. The molecule has 1 heterocycles. The number of para-hydroxylation sites is 1. The molecular formula is C20H30N4O. The molecule has 3 N–H and O–H groups in total. The van der Waals surface area contributed by atoms with Crippen molar-refractivity contribution >= 4 is 16.9 Å². The van der Waals surface area contributed by atoms with Gasteiger partial charge in [0.15, 0.2) is 5.96 Å². The normalized spacial score (nSPS) is 15.8. The Labute approximate surface area is 150 Å². The highest BCUT2D eigenvalue weighted by Crippen LogP contribution is 2.20. The number of hydrogen-bond donors (Lipinski definition) is 3. The molecule has 0 unspecified atom stereocenters. The highest BCUT2D eigenvalue weighted by Gasteiger charge is 2.14. The third kappa shape index (κ3) is 5.23. The van der Waals surface area contributed by atoms with E-state index in [-0.39, 0.29) is 0 Å². The van der Waals surface area contributed by atoms with Gasteiger partial charge in [-0.25, -0.2) is 0 Å². The predicted molar refractivity (Wildman–Crippen MR) is 104 cm³/mol. The lowest BCUT2D eigenvalue weighted by Crippen LogP contribution is -2.39. The molecule has 0 spiro atoms. The number of nitrogens with zero attached hydrogens (tertiary/aromatic N) is 1. The van der Waals surface area contributed by atoms with Crippen LogP contribution in [-0.2, 0) is 11.2 Å². The molecule has 1 saturated carbocycles. The van der Waals surface area contributed by atoms with Crippen LogP contribution in [0, 0.1) is 0 Å². The van der Waals surface area contributed by atoms with Crippen LogP contribution >= 0.6 is 0 Å². The van der Waals surface area contributed by atoms with Gasteiger partial charge in [0.2, 0.25) is 0 Å². The van der Waals surface area contributed by atoms with Crippen LogP contribution in [0.2, 0.25) is 0 Å². The summed E-state index contributed by atoms with van der Waals surface area (Å²) in [5.74, 6) is 0.862. The van der Waals surface area contributed by atoms with Crippen molar-refractivity contribution in [2.24, 2.45) is 4.99 Å². The number of fused-ring (bicyclic) bond motifs is 1. The van der Waals surface area contributed by atoms with Crippen molar-refractivity contribution in [1.29, 1.82) is 0 Å². The molecule has 1 aliphatic carbocycles. The average molecular weight is 342 g/mol. The Morgan fingerprint density at radius 2 is 2.00 bits per heavy atom. The van der Waals surface area contributed by atoms with Crippen molar-refractivity contribution in [1.82, 2.24) is 15.6 Å². The van der Waals surface area contributed by atoms with Crippen LogP contribution in [0.25, 0.3) is 10.9 Å². The number of aromatic amines is 1. The maximum Gasteiger partial charge on any atom is 0.190 e. The standard InChI is InChI=1S/C20H30N4O/c1-21-20(22-12-6-14-25-17-7-2-3-8-17)23-13-11-16-15-24-19-10-5-4-9-18(16)19/h4-5,9-10,15,17,24H,2-3,6-8,11-14H2,1H3,(H2,21,22,23). The summed E-state index contributed by atoms with van der Waals surface area (Å²) in [5.41, 5.74) is 2.53. The summed E-state index contributed by atoms with van der Waals surface area (Å²) in [6.45, 7) is 2.59. The monoisotopic (exact) mass is 342 g/mol. The van der Waals surface area contributed by atoms with Crippen molar-refractivity contribution in [2.45, 2.75) is 44.6 Å². The number of rotatable bonds is 8. The fourth-order valence-corrected chi connectivity index (χ4v) is 3.46. The van der Waals surface area contributed by atoms with E-state index in [2.05, 4.69) is 51.1 Å². The number of ether oxygens (including phenoxy) is 1. The number of aromatic nitrogens is 1. The van der Waals surface area contributed by atoms with Gasteiger partial charge in [0.05, 0.1) is 6.10 Å². The summed E-state index contributed by atoms with van der Waals surface area (Å²) in [6, 6.07) is 8.42. The topological polar surface area (TPSA) is 61.4 Å². The summed E-state index contributed by atoms with van der Waals surface area (Å²) in [6.07, 6.45) is 9.73. The molecule has 2 aromatic rings. The van der Waals surface area contributed by atoms with E-state index in [9.17, 15) is 0 Å². The first-order valence-corrected chi connectivity index (χ1v) is 9.48. The van der Waals surface area contributed by atoms with E-state index in [0.717, 1.165) is 38.5 Å². The Bertz CT molecular complexity index is 673. The first-order valence-electron chi connectivity index (χ1n) is 9.48. The number of benzene rings is 1. The Hall–Kier alpha value is -2.01. The number of hydrogen-bond acceptors (Lipinski definition) is 2. The van der Waals surface area contributed by atoms with Gasteiger partial charge < -0.3 is 20.4 Å². The first-order chi connectivity index (χ1) is 12.4. The van der Waals surface area contributed by atoms with E-state index >= 15 is 0 Å². The lowest BCUT2D eigenvalue weighted by atomic mass is 10.1. The van der Waals surface area contributed by atoms with Gasteiger partial charge in [-0.05, 0) is 37.3 Å². The largest absolute Gasteiger partial charge is 0.378 e. The Kier molecular flexibility index (Phi) is 6.74. The maximum absolute atomic E-state index is 5.89. The molecule has 5 nitrogen and oxygen atoms in total. The molecule has 136 valence electrons. The zero-order chi connectivity index (χ0) is 17.3. The molecule has 5 heteroatoms. The number of H-pyrrole nitrogens is 1. The second-order valence-corrected chi connectivity index (χ2v) is 6.67. The maximum atomic E-state index is 5.89. The molecule has 0 bridgehead atoms. The molecule has 1 aliphatic rings. The van der Waals surface area contributed by atoms with E-state index in [4.69, 9.17) is 4.74 Å². The van der Waals surface area contributed by atoms with Crippen molar-refractivity contribution in [3.05, 3.63) is 36.0 Å². The third-order valence-electron chi connectivity index (χ3n) is 4.85. The molecule has 3 rings (SSSR count). The van der Waals surface area contributed by atoms with E-state index < -0.39 is 0 Å². The highest BCUT2D eigenvalue weighted by molar-refractivity contribution is 5.83. The molecule has 0 amide bonds. The van der Waals surface area contributed by atoms with Crippen LogP contribution in [-0.4, -0.2) is 43.8 Å². The molecular weight excluding hydrogens is 312 g/mol. The second-order valence-electron chi connectivity index (χ2n) is 6.67. The Morgan fingerprint density at radius 1 is 1.20 bits per heavy atom. The van der Waals surface area contributed by atoms with Gasteiger partial charge in [-0.2, -0.15) is 0 Å². The summed E-state index contributed by atoms with van der Waals surface area (Å²) < 4.78 is 5.89. The minimum absolute atomic E-state index is 0.508. The molecule has 25 heavy (non-hydrogen) atoms. The van der Waals surface area contributed by atoms with Gasteiger partial charge in [0.25, 0.3) is 0 Å². The van der Waals surface area contributed by atoms with Crippen LogP contribution in [0.5, 0.6) is 0 Å². The van der Waals surface area contributed by atoms with E-state index in [0.29, 0.717) is 6.10 Å². The van der Waals surface area contributed by atoms with Crippen molar-refractivity contribution in [2.75, 3.05) is 26.7 Å². The van der Waals surface area contributed by atoms with Gasteiger partial charge in [0.1, 0.15) is 0 Å². The van der Waals surface area contributed by atoms with Crippen molar-refractivity contribution < 1.29 is 4.74 Å². The van der Waals surface area contributed by atoms with E-state index in [1.807, 2.05) is 7.05 Å². The van der Waals surface area contributed by atoms with Gasteiger partial charge in [-0.1, -0.05) is 31.0 Å². The zero-order valence-electron chi connectivity index (χ0n) is 15.2. The third-order valence-corrected chi connectivity index (χ3v) is 4.85. The molecule has 0 aliphatic heterocycles. The fraction of sp³-hybridized carbons (Fsp3) is 0.550. The highest BCUT2D eigenvalue weighted by atomic mass is 16.5. The molecule has 1 fully saturated rings. The van der Waals surface area contributed by atoms with Crippen LogP contribution in [0.15, 0.2) is 35.5 Å². The molecule has 0 saturated heterocycles. The minimum Gasteiger partial charge on any atom is -0.378 e. The van der Waals surface area contributed by atoms with Crippen molar-refractivity contribution in [3.63, 3.8) is 0 Å². The molecule has 0 radical (unpaired) electrons. The molecule has 1 aromatic carbocycles. The van der Waals surface area contributed by atoms with Gasteiger partial charge in [0, 0.05) is 43.8 Å². The summed E-state index contributed by atoms with van der Waals surface area (Å²) in [5, 5.41) is 8.05. The Balaban J connectivity index is 1.32. The lowest BCUT2D eigenvalue weighted by molar-refractivity contribution is 0.0574. The van der Waals surface area contributed by atoms with Crippen molar-refractivity contribution in [3.8, 4) is 0 Å². The van der Waals surface area contributed by atoms with Gasteiger partial charge in [-0.15, -0.1) is 0 Å². The fourth-order valence-electron chi connectivity index (χ4n) is 3.46. The van der Waals surface area contributed by atoms with E-state index in [1.165, 1.54) is 42.1 Å². The average Bonchev–Trinajstić information content (AvgIpc) is 3.30. The Morgan fingerprint density at radius 3 is 2.84 bits per heavy atom. The van der Waals surface area contributed by atoms with E-state index in [1.54, 1.807) is 0 Å². The second kappa shape index (κ2) is 9.47. The SMILES string of the molecule is CN=C(NCCCOC1CCCC1)NCCc1c[nH]c2ccccc12. The smallest absolute Gasteiger partial charge is 0.190 e. The van der Waals surface area contributed by atoms with Crippen LogP contribution in [0.1, 0.15) is 37.7 Å². The number of nitrogens with one attached hydrogen (secondary N) is 3. The van der Waals surface area contributed by atoms with Gasteiger partial charge in [-0.3, -0.25) is 4.99 Å². The zero-order valence-corrected chi connectivity index (χ0v) is 15.2. The van der Waals surface area contributed by atoms with Gasteiger partial charge >= 0.3 is 0 Å². The number of guanidine groups is 1. The first kappa shape index (κ1) is 17.8. The lowest BCUT2D eigenvalue weighted by Gasteiger charge is -2.13. The summed E-state index contributed by atoms with van der Waals surface area (Å²) in [4.78, 5) is 7.61. The quantitative estimate of drug-likeness (QED) is 0.392. The molecule has 0 atom stereocenters. The van der Waals surface area contributed by atoms with Crippen LogP contribution in [0.3, 0.4) is 0 Å². The summed E-state index contributed by atoms with van der Waals surface area (Å²) in [7, 11) is 1.82.